The Morgan fingerprint density at radius 1 is 1.25 bits per heavy atom. The summed E-state index contributed by atoms with van der Waals surface area (Å²) in [7, 11) is 0. The van der Waals surface area contributed by atoms with Crippen LogP contribution in [0, 0.1) is 6.92 Å². The van der Waals surface area contributed by atoms with E-state index in [-0.39, 0.29) is 0 Å². The minimum absolute atomic E-state index is 0.527. The Bertz CT molecular complexity index is 516. The summed E-state index contributed by atoms with van der Waals surface area (Å²) in [5.74, 6) is 0. The van der Waals surface area contributed by atoms with E-state index in [1.807, 2.05) is 25.3 Å². The van der Waals surface area contributed by atoms with Crippen molar-refractivity contribution in [1.29, 1.82) is 0 Å². The van der Waals surface area contributed by atoms with Gasteiger partial charge in [0.25, 0.3) is 0 Å². The first-order valence-corrected chi connectivity index (χ1v) is 6.31. The Morgan fingerprint density at radius 3 is 2.75 bits per heavy atom. The predicted molar refractivity (Wildman–Crippen MR) is 66.8 cm³/mol. The Labute approximate surface area is 103 Å². The highest BCUT2D eigenvalue weighted by molar-refractivity contribution is 7.98. The zero-order chi connectivity index (χ0) is 11.5. The maximum Gasteiger partial charge on any atom is 0.187 e. The van der Waals surface area contributed by atoms with E-state index in [1.54, 1.807) is 12.4 Å². The van der Waals surface area contributed by atoms with Gasteiger partial charge in [-0.25, -0.2) is 9.97 Å². The predicted octanol–water partition coefficient (Wildman–Crippen LogP) is 3.22. The molecule has 3 nitrogen and oxygen atoms in total. The van der Waals surface area contributed by atoms with E-state index in [2.05, 4.69) is 15.0 Å². The van der Waals surface area contributed by atoms with Crippen LogP contribution in [0.3, 0.4) is 0 Å². The molecule has 0 N–H and O–H groups in total. The molecule has 2 aromatic rings. The molecule has 2 heterocycles. The standard InChI is InChI=1S/C11H10ClN3S/c1-7-4-3-5-13-9(7)10-8(12)6-14-11(15-10)16-2/h3-6H,1-2H3. The molecule has 5 heteroatoms. The number of pyridine rings is 1. The van der Waals surface area contributed by atoms with Gasteiger partial charge in [0.15, 0.2) is 5.16 Å². The molecular weight excluding hydrogens is 242 g/mol. The Balaban J connectivity index is 2.59. The van der Waals surface area contributed by atoms with Crippen molar-refractivity contribution in [3.63, 3.8) is 0 Å². The largest absolute Gasteiger partial charge is 0.254 e. The lowest BCUT2D eigenvalue weighted by atomic mass is 10.1. The van der Waals surface area contributed by atoms with Gasteiger partial charge in [-0.15, -0.1) is 0 Å². The van der Waals surface area contributed by atoms with E-state index in [4.69, 9.17) is 11.6 Å². The van der Waals surface area contributed by atoms with Crippen molar-refractivity contribution in [3.8, 4) is 11.4 Å². The SMILES string of the molecule is CSc1ncc(Cl)c(-c2ncccc2C)n1. The first-order chi connectivity index (χ1) is 7.72. The second-order valence-electron chi connectivity index (χ2n) is 3.22. The summed E-state index contributed by atoms with van der Waals surface area (Å²) in [5, 5.41) is 1.23. The van der Waals surface area contributed by atoms with Gasteiger partial charge >= 0.3 is 0 Å². The molecule has 0 fully saturated rings. The molecule has 0 radical (unpaired) electrons. The lowest BCUT2D eigenvalue weighted by Gasteiger charge is -2.06. The quantitative estimate of drug-likeness (QED) is 0.607. The fourth-order valence-corrected chi connectivity index (χ4v) is 1.87. The van der Waals surface area contributed by atoms with E-state index in [9.17, 15) is 0 Å². The fourth-order valence-electron chi connectivity index (χ4n) is 1.35. The first kappa shape index (κ1) is 11.4. The van der Waals surface area contributed by atoms with Crippen LogP contribution in [0.25, 0.3) is 11.4 Å². The maximum atomic E-state index is 6.09. The van der Waals surface area contributed by atoms with Gasteiger partial charge in [0.2, 0.25) is 0 Å². The number of hydrogen-bond donors (Lipinski definition) is 0. The van der Waals surface area contributed by atoms with Crippen LogP contribution < -0.4 is 0 Å². The van der Waals surface area contributed by atoms with E-state index >= 15 is 0 Å². The van der Waals surface area contributed by atoms with E-state index in [0.29, 0.717) is 15.9 Å². The third-order valence-electron chi connectivity index (χ3n) is 2.14. The molecule has 0 aliphatic rings. The summed E-state index contributed by atoms with van der Waals surface area (Å²) in [4.78, 5) is 12.8. The summed E-state index contributed by atoms with van der Waals surface area (Å²) in [5.41, 5.74) is 2.56. The molecular formula is C11H10ClN3S. The highest BCUT2D eigenvalue weighted by Crippen LogP contribution is 2.27. The second-order valence-corrected chi connectivity index (χ2v) is 4.40. The van der Waals surface area contributed by atoms with E-state index < -0.39 is 0 Å². The zero-order valence-corrected chi connectivity index (χ0v) is 10.5. The van der Waals surface area contributed by atoms with Crippen molar-refractivity contribution >= 4 is 23.4 Å². The van der Waals surface area contributed by atoms with Crippen LogP contribution >= 0.6 is 23.4 Å². The number of nitrogens with zero attached hydrogens (tertiary/aromatic N) is 3. The summed E-state index contributed by atoms with van der Waals surface area (Å²) in [6, 6.07) is 3.88. The number of rotatable bonds is 2. The van der Waals surface area contributed by atoms with Crippen molar-refractivity contribution in [2.24, 2.45) is 0 Å². The van der Waals surface area contributed by atoms with E-state index in [1.165, 1.54) is 11.8 Å². The van der Waals surface area contributed by atoms with Gasteiger partial charge in [0.1, 0.15) is 5.69 Å². The number of halogens is 1. The summed E-state index contributed by atoms with van der Waals surface area (Å²) in [6.45, 7) is 1.99. The average molecular weight is 252 g/mol. The van der Waals surface area contributed by atoms with Crippen LogP contribution in [0.15, 0.2) is 29.7 Å². The van der Waals surface area contributed by atoms with Crippen molar-refractivity contribution in [1.82, 2.24) is 15.0 Å². The van der Waals surface area contributed by atoms with Gasteiger partial charge < -0.3 is 0 Å². The van der Waals surface area contributed by atoms with Crippen LogP contribution in [-0.2, 0) is 0 Å². The summed E-state index contributed by atoms with van der Waals surface area (Å²) in [6.07, 6.45) is 5.28. The van der Waals surface area contributed by atoms with Crippen LogP contribution in [0.2, 0.25) is 5.02 Å². The van der Waals surface area contributed by atoms with Crippen LogP contribution in [0.1, 0.15) is 5.56 Å². The van der Waals surface area contributed by atoms with Crippen LogP contribution in [0.4, 0.5) is 0 Å². The van der Waals surface area contributed by atoms with Gasteiger partial charge in [-0.05, 0) is 24.8 Å². The summed E-state index contributed by atoms with van der Waals surface area (Å²) < 4.78 is 0. The average Bonchev–Trinajstić information content (AvgIpc) is 2.31. The van der Waals surface area contributed by atoms with Crippen molar-refractivity contribution in [2.75, 3.05) is 6.26 Å². The summed E-state index contributed by atoms with van der Waals surface area (Å²) >= 11 is 7.57. The first-order valence-electron chi connectivity index (χ1n) is 4.71. The lowest BCUT2D eigenvalue weighted by molar-refractivity contribution is 0.969. The molecule has 0 aromatic carbocycles. The molecule has 0 unspecified atom stereocenters. The van der Waals surface area contributed by atoms with Gasteiger partial charge in [-0.1, -0.05) is 29.4 Å². The Morgan fingerprint density at radius 2 is 2.06 bits per heavy atom. The molecule has 0 saturated heterocycles. The van der Waals surface area contributed by atoms with Crippen molar-refractivity contribution < 1.29 is 0 Å². The molecule has 0 saturated carbocycles. The number of aromatic nitrogens is 3. The van der Waals surface area contributed by atoms with Gasteiger partial charge in [-0.2, -0.15) is 0 Å². The second kappa shape index (κ2) is 4.80. The normalized spacial score (nSPS) is 10.4. The molecule has 0 spiro atoms. The Kier molecular flexibility index (Phi) is 3.41. The van der Waals surface area contributed by atoms with Gasteiger partial charge in [0, 0.05) is 6.20 Å². The number of thioether (sulfide) groups is 1. The van der Waals surface area contributed by atoms with Gasteiger partial charge in [0.05, 0.1) is 16.9 Å². The molecule has 0 aliphatic heterocycles. The number of aryl methyl sites for hydroxylation is 1. The van der Waals surface area contributed by atoms with Crippen molar-refractivity contribution in [3.05, 3.63) is 35.1 Å². The maximum absolute atomic E-state index is 6.09. The number of hydrogen-bond acceptors (Lipinski definition) is 4. The fraction of sp³-hybridized carbons (Fsp3) is 0.182. The molecule has 2 rings (SSSR count). The molecule has 0 bridgehead atoms. The Hall–Kier alpha value is -1.13. The highest BCUT2D eigenvalue weighted by atomic mass is 35.5. The third-order valence-corrected chi connectivity index (χ3v) is 2.98. The van der Waals surface area contributed by atoms with Gasteiger partial charge in [-0.3, -0.25) is 4.98 Å². The molecule has 0 aliphatic carbocycles. The monoisotopic (exact) mass is 251 g/mol. The van der Waals surface area contributed by atoms with Crippen molar-refractivity contribution in [2.45, 2.75) is 12.1 Å². The molecule has 82 valence electrons. The smallest absolute Gasteiger partial charge is 0.187 e. The molecule has 0 amide bonds. The van der Waals surface area contributed by atoms with Crippen LogP contribution in [0.5, 0.6) is 0 Å². The molecule has 2 aromatic heterocycles. The lowest BCUT2D eigenvalue weighted by Crippen LogP contribution is -1.95. The van der Waals surface area contributed by atoms with Crippen LogP contribution in [-0.4, -0.2) is 21.2 Å². The highest BCUT2D eigenvalue weighted by Gasteiger charge is 2.10. The topological polar surface area (TPSA) is 38.7 Å². The molecule has 16 heavy (non-hydrogen) atoms. The minimum atomic E-state index is 0.527. The minimum Gasteiger partial charge on any atom is -0.254 e. The zero-order valence-electron chi connectivity index (χ0n) is 8.94. The molecule has 0 atom stereocenters. The van der Waals surface area contributed by atoms with E-state index in [0.717, 1.165) is 11.3 Å². The third kappa shape index (κ3) is 2.18.